The van der Waals surface area contributed by atoms with Crippen LogP contribution < -0.4 is 4.52 Å². The highest BCUT2D eigenvalue weighted by molar-refractivity contribution is 9.00. The first-order chi connectivity index (χ1) is 7.89. The monoisotopic (exact) mass is 316 g/mol. The van der Waals surface area contributed by atoms with Gasteiger partial charge in [0.15, 0.2) is 0 Å². The average Bonchev–Trinajstić information content (AvgIpc) is 2.64. The third-order valence-electron chi connectivity index (χ3n) is 1.98. The molecule has 1 fully saturated rings. The Labute approximate surface area is 110 Å². The molecule has 8 heteroatoms. The molecule has 0 N–H and O–H groups in total. The van der Waals surface area contributed by atoms with Crippen molar-refractivity contribution in [3.05, 3.63) is 29.8 Å². The molecule has 1 aromatic carbocycles. The first-order valence-corrected chi connectivity index (χ1v) is 10.6. The van der Waals surface area contributed by atoms with Crippen molar-refractivity contribution in [1.82, 2.24) is 0 Å². The Kier molecular flexibility index (Phi) is 4.02. The fourth-order valence-electron chi connectivity index (χ4n) is 1.22. The second kappa shape index (κ2) is 5.03. The van der Waals surface area contributed by atoms with Crippen molar-refractivity contribution < 1.29 is 17.7 Å². The summed E-state index contributed by atoms with van der Waals surface area (Å²) in [5.74, 6) is 2.31. The minimum atomic E-state index is -4.31. The molecule has 1 aliphatic heterocycles. The minimum Gasteiger partial charge on any atom is -0.448 e. The Morgan fingerprint density at radius 3 is 2.12 bits per heavy atom. The largest absolute Gasteiger partial charge is 0.448 e. The maximum absolute atomic E-state index is 12.3. The Balaban J connectivity index is 2.11. The molecule has 0 radical (unpaired) electrons. The summed E-state index contributed by atoms with van der Waals surface area (Å²) in [6.45, 7) is 0. The van der Waals surface area contributed by atoms with Gasteiger partial charge >= 0.3 is 6.18 Å². The van der Waals surface area contributed by atoms with Crippen molar-refractivity contribution in [3.63, 3.8) is 0 Å². The lowest BCUT2D eigenvalue weighted by Gasteiger charge is -2.15. The molecular weight excluding hydrogens is 308 g/mol. The lowest BCUT2D eigenvalue weighted by Crippen LogP contribution is -2.03. The topological polar surface area (TPSA) is 9.23 Å². The highest BCUT2D eigenvalue weighted by atomic mass is 33.2. The van der Waals surface area contributed by atoms with Crippen LogP contribution in [0.4, 0.5) is 13.2 Å². The van der Waals surface area contributed by atoms with Crippen LogP contribution in [0, 0.1) is 0 Å². The zero-order valence-electron chi connectivity index (χ0n) is 8.44. The van der Waals surface area contributed by atoms with E-state index < -0.39 is 16.4 Å². The number of benzene rings is 1. The van der Waals surface area contributed by atoms with Gasteiger partial charge < -0.3 is 4.52 Å². The van der Waals surface area contributed by atoms with E-state index in [-0.39, 0.29) is 0 Å². The molecule has 1 saturated heterocycles. The van der Waals surface area contributed by atoms with Crippen molar-refractivity contribution in [1.29, 1.82) is 0 Å². The van der Waals surface area contributed by atoms with Crippen molar-refractivity contribution in [2.45, 2.75) is 6.18 Å². The van der Waals surface area contributed by atoms with E-state index in [2.05, 4.69) is 0 Å². The van der Waals surface area contributed by atoms with Gasteiger partial charge in [-0.05, 0) is 36.1 Å². The first kappa shape index (κ1) is 13.6. The second-order valence-electron chi connectivity index (χ2n) is 3.23. The molecule has 1 heterocycles. The van der Waals surface area contributed by atoms with Gasteiger partial charge in [0.05, 0.1) is 5.56 Å². The molecule has 0 spiro atoms. The van der Waals surface area contributed by atoms with Crippen LogP contribution in [0.25, 0.3) is 0 Å². The summed E-state index contributed by atoms with van der Waals surface area (Å²) in [5, 5.41) is 0. The molecule has 0 amide bonds. The van der Waals surface area contributed by atoms with Crippen LogP contribution in [-0.4, -0.2) is 11.5 Å². The van der Waals surface area contributed by atoms with Crippen molar-refractivity contribution in [2.75, 3.05) is 11.5 Å². The number of rotatable bonds is 2. The van der Waals surface area contributed by atoms with E-state index in [1.54, 1.807) is 22.8 Å². The fourth-order valence-corrected chi connectivity index (χ4v) is 10.2. The maximum atomic E-state index is 12.3. The van der Waals surface area contributed by atoms with E-state index in [1.165, 1.54) is 12.1 Å². The number of halogens is 3. The average molecular weight is 316 g/mol. The zero-order chi connectivity index (χ0) is 12.5. The summed E-state index contributed by atoms with van der Waals surface area (Å²) < 4.78 is 40.7. The number of alkyl halides is 3. The quantitative estimate of drug-likeness (QED) is 0.725. The van der Waals surface area contributed by atoms with Gasteiger partial charge in [0, 0.05) is 11.5 Å². The molecule has 0 bridgehead atoms. The summed E-state index contributed by atoms with van der Waals surface area (Å²) in [7, 11) is 0. The zero-order valence-corrected chi connectivity index (χ0v) is 11.8. The molecule has 1 nitrogen and oxygen atoms in total. The summed E-state index contributed by atoms with van der Waals surface area (Å²) >= 11 is 8.54. The van der Waals surface area contributed by atoms with Gasteiger partial charge in [0.25, 0.3) is 0 Å². The first-order valence-electron chi connectivity index (χ1n) is 4.65. The number of hydrogen-bond donors (Lipinski definition) is 0. The lowest BCUT2D eigenvalue weighted by molar-refractivity contribution is -0.137. The van der Waals surface area contributed by atoms with Gasteiger partial charge in [0.1, 0.15) is 5.75 Å². The Hall–Kier alpha value is 0.160. The van der Waals surface area contributed by atoms with E-state index in [0.29, 0.717) is 5.75 Å². The number of hydrogen-bond acceptors (Lipinski definition) is 4. The van der Waals surface area contributed by atoms with E-state index in [4.69, 9.17) is 16.3 Å². The molecule has 17 heavy (non-hydrogen) atoms. The van der Waals surface area contributed by atoms with Crippen LogP contribution in [0.3, 0.4) is 0 Å². The summed E-state index contributed by atoms with van der Waals surface area (Å²) in [5.41, 5.74) is -0.673. The Bertz CT molecular complexity index is 436. The summed E-state index contributed by atoms with van der Waals surface area (Å²) in [6.07, 6.45) is -4.31. The van der Waals surface area contributed by atoms with Crippen LogP contribution >= 0.6 is 27.4 Å². The van der Waals surface area contributed by atoms with E-state index in [0.717, 1.165) is 23.6 Å². The smallest absolute Gasteiger partial charge is 0.416 e. The SMILES string of the molecule is FC(F)(F)c1ccc(OP2(=S)SCCS2)cc1. The van der Waals surface area contributed by atoms with Gasteiger partial charge in [-0.25, -0.2) is 0 Å². The molecule has 0 atom stereocenters. The van der Waals surface area contributed by atoms with Gasteiger partial charge in [-0.1, -0.05) is 22.8 Å². The van der Waals surface area contributed by atoms with Crippen LogP contribution in [0.5, 0.6) is 5.75 Å². The summed E-state index contributed by atoms with van der Waals surface area (Å²) in [4.78, 5) is 0. The van der Waals surface area contributed by atoms with Gasteiger partial charge in [-0.2, -0.15) is 13.2 Å². The van der Waals surface area contributed by atoms with E-state index in [9.17, 15) is 13.2 Å². The van der Waals surface area contributed by atoms with E-state index >= 15 is 0 Å². The predicted octanol–water partition coefficient (Wildman–Crippen LogP) is 4.79. The van der Waals surface area contributed by atoms with Gasteiger partial charge in [-0.15, -0.1) is 0 Å². The third-order valence-corrected chi connectivity index (χ3v) is 11.5. The molecule has 0 aliphatic carbocycles. The minimum absolute atomic E-state index is 0.420. The molecule has 2 rings (SSSR count). The standard InChI is InChI=1S/C9H8F3OPS3/c10-9(11,12)7-1-3-8(4-2-7)13-14(15)16-5-6-17-14/h1-4H,5-6H2. The normalized spacial score (nSPS) is 19.2. The Morgan fingerprint density at radius 1 is 1.12 bits per heavy atom. The molecule has 1 aliphatic rings. The highest BCUT2D eigenvalue weighted by Gasteiger charge is 2.31. The second-order valence-corrected chi connectivity index (χ2v) is 13.9. The molecule has 0 aromatic heterocycles. The lowest BCUT2D eigenvalue weighted by atomic mass is 10.2. The van der Waals surface area contributed by atoms with Crippen molar-refractivity contribution in [3.8, 4) is 5.75 Å². The van der Waals surface area contributed by atoms with Crippen LogP contribution in [0.1, 0.15) is 5.56 Å². The molecule has 0 unspecified atom stereocenters. The Morgan fingerprint density at radius 2 is 1.65 bits per heavy atom. The third kappa shape index (κ3) is 3.56. The van der Waals surface area contributed by atoms with Crippen LogP contribution in [-0.2, 0) is 18.0 Å². The predicted molar refractivity (Wildman–Crippen MR) is 71.3 cm³/mol. The van der Waals surface area contributed by atoms with Crippen LogP contribution in [0.2, 0.25) is 0 Å². The van der Waals surface area contributed by atoms with Crippen LogP contribution in [0.15, 0.2) is 24.3 Å². The summed E-state index contributed by atoms with van der Waals surface area (Å²) in [6, 6.07) is 4.69. The van der Waals surface area contributed by atoms with Gasteiger partial charge in [0.2, 0.25) is 4.67 Å². The van der Waals surface area contributed by atoms with Crippen molar-refractivity contribution in [2.24, 2.45) is 0 Å². The fraction of sp³-hybridized carbons (Fsp3) is 0.333. The molecule has 94 valence electrons. The maximum Gasteiger partial charge on any atom is 0.416 e. The van der Waals surface area contributed by atoms with Crippen molar-refractivity contribution >= 4 is 39.2 Å². The molecule has 1 aromatic rings. The van der Waals surface area contributed by atoms with E-state index in [1.807, 2.05) is 0 Å². The molecule has 0 saturated carbocycles. The molecular formula is C9H8F3OPS3. The van der Waals surface area contributed by atoms with Gasteiger partial charge in [-0.3, -0.25) is 0 Å². The highest BCUT2D eigenvalue weighted by Crippen LogP contribution is 2.73.